The molecule has 0 bridgehead atoms. The van der Waals surface area contributed by atoms with Gasteiger partial charge in [-0.25, -0.2) is 0 Å². The van der Waals surface area contributed by atoms with Crippen molar-refractivity contribution in [3.63, 3.8) is 0 Å². The van der Waals surface area contributed by atoms with Crippen LogP contribution in [0.25, 0.3) is 0 Å². The van der Waals surface area contributed by atoms with Gasteiger partial charge in [0, 0.05) is 33.4 Å². The summed E-state index contributed by atoms with van der Waals surface area (Å²) < 4.78 is 1.27. The van der Waals surface area contributed by atoms with E-state index in [-0.39, 0.29) is 0 Å². The van der Waals surface area contributed by atoms with E-state index in [0.29, 0.717) is 0 Å². The van der Waals surface area contributed by atoms with Gasteiger partial charge in [-0.05, 0) is 60.3 Å². The third-order valence-electron chi connectivity index (χ3n) is 4.51. The topological polar surface area (TPSA) is 15.3 Å². The fraction of sp³-hybridized carbons (Fsp3) is 0.714. The smallest absolute Gasteiger partial charge is 0.0331 e. The van der Waals surface area contributed by atoms with Gasteiger partial charge in [0.25, 0.3) is 0 Å². The highest BCUT2D eigenvalue weighted by Gasteiger charge is 2.42. The van der Waals surface area contributed by atoms with Crippen LogP contribution in [0.15, 0.2) is 10.5 Å². The number of likely N-dealkylation sites (tertiary alicyclic amines) is 1. The summed E-state index contributed by atoms with van der Waals surface area (Å²) in [5, 5.41) is 3.55. The largest absolute Gasteiger partial charge is 0.316 e. The molecule has 0 spiro atoms. The molecule has 18 heavy (non-hydrogen) atoms. The zero-order chi connectivity index (χ0) is 12.7. The quantitative estimate of drug-likeness (QED) is 0.916. The molecule has 100 valence electrons. The molecule has 3 atom stereocenters. The van der Waals surface area contributed by atoms with Crippen LogP contribution in [0.2, 0.25) is 0 Å². The minimum Gasteiger partial charge on any atom is -0.316 e. The van der Waals surface area contributed by atoms with E-state index in [0.717, 1.165) is 24.4 Å². The van der Waals surface area contributed by atoms with Crippen LogP contribution < -0.4 is 5.32 Å². The van der Waals surface area contributed by atoms with Crippen LogP contribution in [0.1, 0.15) is 23.1 Å². The zero-order valence-corrected chi connectivity index (χ0v) is 13.5. The van der Waals surface area contributed by atoms with E-state index < -0.39 is 0 Å². The first-order valence-corrected chi connectivity index (χ1v) is 8.49. The van der Waals surface area contributed by atoms with E-state index in [4.69, 9.17) is 0 Å². The third-order valence-corrected chi connectivity index (χ3v) is 6.63. The summed E-state index contributed by atoms with van der Waals surface area (Å²) in [6, 6.07) is 3.09. The first-order valence-electron chi connectivity index (χ1n) is 6.88. The molecule has 1 N–H and O–H groups in total. The van der Waals surface area contributed by atoms with E-state index in [1.165, 1.54) is 40.3 Å². The van der Waals surface area contributed by atoms with Crippen molar-refractivity contribution >= 4 is 27.3 Å². The van der Waals surface area contributed by atoms with E-state index in [2.05, 4.69) is 46.1 Å². The van der Waals surface area contributed by atoms with Crippen molar-refractivity contribution in [2.75, 3.05) is 19.6 Å². The van der Waals surface area contributed by atoms with Crippen molar-refractivity contribution in [3.05, 3.63) is 20.3 Å². The number of aryl methyl sites for hydroxylation is 1. The SMILES string of the molecule is CCC1C2CNCC2CN1Cc1cc(Br)c(C)s1. The molecule has 3 rings (SSSR count). The molecule has 0 amide bonds. The molecule has 2 fully saturated rings. The lowest BCUT2D eigenvalue weighted by Gasteiger charge is -2.26. The molecule has 1 aromatic heterocycles. The maximum Gasteiger partial charge on any atom is 0.0331 e. The Morgan fingerprint density at radius 3 is 3.00 bits per heavy atom. The molecule has 4 heteroatoms. The molecule has 3 heterocycles. The predicted octanol–water partition coefficient (Wildman–Crippen LogP) is 3.25. The van der Waals surface area contributed by atoms with Gasteiger partial charge in [0.1, 0.15) is 0 Å². The highest BCUT2D eigenvalue weighted by molar-refractivity contribution is 9.10. The molecule has 0 radical (unpaired) electrons. The minimum atomic E-state index is 0.784. The maximum atomic E-state index is 3.63. The first kappa shape index (κ1) is 13.1. The molecule has 2 nitrogen and oxygen atoms in total. The van der Waals surface area contributed by atoms with E-state index >= 15 is 0 Å². The van der Waals surface area contributed by atoms with Gasteiger partial charge in [-0.1, -0.05) is 6.92 Å². The number of hydrogen-bond acceptors (Lipinski definition) is 3. The average molecular weight is 329 g/mol. The van der Waals surface area contributed by atoms with Crippen LogP contribution in [-0.4, -0.2) is 30.6 Å². The van der Waals surface area contributed by atoms with Crippen LogP contribution in [0, 0.1) is 18.8 Å². The molecule has 2 aliphatic heterocycles. The van der Waals surface area contributed by atoms with Gasteiger partial charge < -0.3 is 5.32 Å². The summed E-state index contributed by atoms with van der Waals surface area (Å²) in [6.45, 7) is 9.41. The van der Waals surface area contributed by atoms with Crippen molar-refractivity contribution in [2.45, 2.75) is 32.9 Å². The zero-order valence-electron chi connectivity index (χ0n) is 11.1. The summed E-state index contributed by atoms with van der Waals surface area (Å²) in [7, 11) is 0. The molecule has 0 aliphatic carbocycles. The average Bonchev–Trinajstić information content (AvgIpc) is 2.95. The summed E-state index contributed by atoms with van der Waals surface area (Å²) in [5.41, 5.74) is 0. The Labute approximate surface area is 122 Å². The van der Waals surface area contributed by atoms with Gasteiger partial charge in [-0.15, -0.1) is 11.3 Å². The number of nitrogens with one attached hydrogen (secondary N) is 1. The molecule has 0 saturated carbocycles. The van der Waals surface area contributed by atoms with Crippen molar-refractivity contribution < 1.29 is 0 Å². The number of thiophene rings is 1. The standard InChI is InChI=1S/C14H21BrN2S/c1-3-14-12-6-16-5-10(12)7-17(14)8-11-4-13(15)9(2)18-11/h4,10,12,14,16H,3,5-8H2,1-2H3. The monoisotopic (exact) mass is 328 g/mol. The lowest BCUT2D eigenvalue weighted by molar-refractivity contribution is 0.212. The van der Waals surface area contributed by atoms with E-state index in [1.54, 1.807) is 0 Å². The van der Waals surface area contributed by atoms with Crippen LogP contribution in [0.5, 0.6) is 0 Å². The molecular weight excluding hydrogens is 308 g/mol. The van der Waals surface area contributed by atoms with Gasteiger partial charge >= 0.3 is 0 Å². The maximum absolute atomic E-state index is 3.63. The molecule has 1 aromatic rings. The first-order chi connectivity index (χ1) is 8.69. The van der Waals surface area contributed by atoms with Crippen molar-refractivity contribution in [1.29, 1.82) is 0 Å². The highest BCUT2D eigenvalue weighted by Crippen LogP contribution is 2.36. The molecule has 3 unspecified atom stereocenters. The second kappa shape index (κ2) is 5.23. The van der Waals surface area contributed by atoms with Gasteiger partial charge in [0.2, 0.25) is 0 Å². The summed E-state index contributed by atoms with van der Waals surface area (Å²) in [4.78, 5) is 5.62. The number of nitrogens with zero attached hydrogens (tertiary/aromatic N) is 1. The number of rotatable bonds is 3. The Hall–Kier alpha value is 0.1000. The fourth-order valence-electron chi connectivity index (χ4n) is 3.65. The van der Waals surface area contributed by atoms with E-state index in [1.807, 2.05) is 11.3 Å². The normalized spacial score (nSPS) is 32.1. The summed E-state index contributed by atoms with van der Waals surface area (Å²) >= 11 is 5.57. The molecule has 2 aliphatic rings. The van der Waals surface area contributed by atoms with Gasteiger partial charge in [0.05, 0.1) is 0 Å². The predicted molar refractivity (Wildman–Crippen MR) is 81.1 cm³/mol. The number of hydrogen-bond donors (Lipinski definition) is 1. The van der Waals surface area contributed by atoms with Crippen LogP contribution >= 0.6 is 27.3 Å². The Kier molecular flexibility index (Phi) is 3.81. The van der Waals surface area contributed by atoms with Gasteiger partial charge in [-0.3, -0.25) is 4.90 Å². The van der Waals surface area contributed by atoms with E-state index in [9.17, 15) is 0 Å². The Bertz CT molecular complexity index is 412. The Morgan fingerprint density at radius 2 is 2.33 bits per heavy atom. The van der Waals surface area contributed by atoms with Crippen LogP contribution in [-0.2, 0) is 6.54 Å². The van der Waals surface area contributed by atoms with Crippen molar-refractivity contribution in [1.82, 2.24) is 10.2 Å². The summed E-state index contributed by atoms with van der Waals surface area (Å²) in [5.74, 6) is 1.78. The van der Waals surface area contributed by atoms with Crippen LogP contribution in [0.3, 0.4) is 0 Å². The minimum absolute atomic E-state index is 0.784. The van der Waals surface area contributed by atoms with Gasteiger partial charge in [0.15, 0.2) is 0 Å². The Balaban J connectivity index is 1.72. The van der Waals surface area contributed by atoms with Gasteiger partial charge in [-0.2, -0.15) is 0 Å². The molecular formula is C14H21BrN2S. The summed E-state index contributed by atoms with van der Waals surface area (Å²) in [6.07, 6.45) is 1.29. The second-order valence-electron chi connectivity index (χ2n) is 5.60. The third kappa shape index (κ3) is 2.28. The number of fused-ring (bicyclic) bond motifs is 1. The van der Waals surface area contributed by atoms with Crippen LogP contribution in [0.4, 0.5) is 0 Å². The highest BCUT2D eigenvalue weighted by atomic mass is 79.9. The number of halogens is 1. The fourth-order valence-corrected chi connectivity index (χ4v) is 5.28. The Morgan fingerprint density at radius 1 is 1.50 bits per heavy atom. The lowest BCUT2D eigenvalue weighted by atomic mass is 9.93. The van der Waals surface area contributed by atoms with Crippen molar-refractivity contribution in [2.24, 2.45) is 11.8 Å². The second-order valence-corrected chi connectivity index (χ2v) is 7.80. The van der Waals surface area contributed by atoms with Crippen molar-refractivity contribution in [3.8, 4) is 0 Å². The molecule has 0 aromatic carbocycles. The molecule has 2 saturated heterocycles. The lowest BCUT2D eigenvalue weighted by Crippen LogP contribution is -2.34.